The van der Waals surface area contributed by atoms with Gasteiger partial charge in [-0.2, -0.15) is 25.3 Å². The minimum Gasteiger partial charge on any atom is -0.171 e. The molecule has 2 atom stereocenters. The van der Waals surface area contributed by atoms with Gasteiger partial charge in [0, 0.05) is 10.5 Å². The molecule has 0 radical (unpaired) electrons. The zero-order valence-electron chi connectivity index (χ0n) is 11.7. The maximum Gasteiger partial charge on any atom is 0.0267 e. The molecule has 2 aromatic rings. The van der Waals surface area contributed by atoms with Crippen LogP contribution in [0.2, 0.25) is 0 Å². The van der Waals surface area contributed by atoms with Crippen molar-refractivity contribution in [2.45, 2.75) is 36.2 Å². The van der Waals surface area contributed by atoms with Crippen molar-refractivity contribution in [3.63, 3.8) is 0 Å². The maximum atomic E-state index is 4.70. The monoisotopic (exact) mass is 302 g/mol. The van der Waals surface area contributed by atoms with E-state index in [1.807, 2.05) is 0 Å². The van der Waals surface area contributed by atoms with Crippen molar-refractivity contribution in [2.24, 2.45) is 0 Å². The molecule has 2 aromatic carbocycles. The van der Waals surface area contributed by atoms with Crippen LogP contribution in [0.5, 0.6) is 0 Å². The molecule has 2 unspecified atom stereocenters. The second kappa shape index (κ2) is 8.43. The first kappa shape index (κ1) is 15.5. The van der Waals surface area contributed by atoms with Crippen molar-refractivity contribution in [1.29, 1.82) is 0 Å². The Morgan fingerprint density at radius 3 is 1.30 bits per heavy atom. The fourth-order valence-electron chi connectivity index (χ4n) is 2.36. The summed E-state index contributed by atoms with van der Waals surface area (Å²) in [6.45, 7) is 0. The summed E-state index contributed by atoms with van der Waals surface area (Å²) in [7, 11) is 0. The third-order valence-electron chi connectivity index (χ3n) is 3.57. The Balaban J connectivity index is 1.69. The molecule has 0 saturated carbocycles. The predicted octanol–water partition coefficient (Wildman–Crippen LogP) is 5.89. The van der Waals surface area contributed by atoms with Crippen LogP contribution in [-0.4, -0.2) is 0 Å². The van der Waals surface area contributed by atoms with Gasteiger partial charge in [-0.15, -0.1) is 0 Å². The minimum absolute atomic E-state index is 0.353. The van der Waals surface area contributed by atoms with Crippen molar-refractivity contribution in [1.82, 2.24) is 0 Å². The van der Waals surface area contributed by atoms with Crippen LogP contribution in [0.25, 0.3) is 0 Å². The number of rotatable bonds is 7. The number of thiol groups is 2. The van der Waals surface area contributed by atoms with Gasteiger partial charge >= 0.3 is 0 Å². The smallest absolute Gasteiger partial charge is 0.0267 e. The minimum atomic E-state index is 0.353. The van der Waals surface area contributed by atoms with Gasteiger partial charge in [-0.05, 0) is 24.0 Å². The fourth-order valence-corrected chi connectivity index (χ4v) is 3.07. The molecule has 0 amide bonds. The lowest BCUT2D eigenvalue weighted by Crippen LogP contribution is -1.93. The zero-order chi connectivity index (χ0) is 14.2. The van der Waals surface area contributed by atoms with Crippen LogP contribution in [0, 0.1) is 0 Å². The van der Waals surface area contributed by atoms with Crippen molar-refractivity contribution in [2.75, 3.05) is 0 Å². The van der Waals surface area contributed by atoms with Gasteiger partial charge < -0.3 is 0 Å². The Labute approximate surface area is 133 Å². The van der Waals surface area contributed by atoms with E-state index in [9.17, 15) is 0 Å². The summed E-state index contributed by atoms with van der Waals surface area (Å²) < 4.78 is 0. The summed E-state index contributed by atoms with van der Waals surface area (Å²) in [5, 5.41) is 0.706. The van der Waals surface area contributed by atoms with Gasteiger partial charge in [0.2, 0.25) is 0 Å². The molecule has 0 aliphatic rings. The highest BCUT2D eigenvalue weighted by atomic mass is 32.1. The van der Waals surface area contributed by atoms with Gasteiger partial charge in [-0.1, -0.05) is 73.5 Å². The number of unbranched alkanes of at least 4 members (excludes halogenated alkanes) is 1. The van der Waals surface area contributed by atoms with Crippen molar-refractivity contribution in [3.8, 4) is 0 Å². The number of hydrogen-bond acceptors (Lipinski definition) is 2. The summed E-state index contributed by atoms with van der Waals surface area (Å²) in [5.41, 5.74) is 2.64. The van der Waals surface area contributed by atoms with Gasteiger partial charge in [0.25, 0.3) is 0 Å². The lowest BCUT2D eigenvalue weighted by Gasteiger charge is -2.13. The highest BCUT2D eigenvalue weighted by Crippen LogP contribution is 2.29. The number of hydrogen-bond donors (Lipinski definition) is 2. The molecule has 2 rings (SSSR count). The van der Waals surface area contributed by atoms with Crippen LogP contribution in [-0.2, 0) is 0 Å². The summed E-state index contributed by atoms with van der Waals surface area (Å²) in [4.78, 5) is 0. The van der Waals surface area contributed by atoms with E-state index < -0.39 is 0 Å². The largest absolute Gasteiger partial charge is 0.171 e. The van der Waals surface area contributed by atoms with Gasteiger partial charge in [0.05, 0.1) is 0 Å². The lowest BCUT2D eigenvalue weighted by molar-refractivity contribution is 0.632. The standard InChI is InChI=1S/C18H22S2/c19-17(15-9-3-1-4-10-15)13-7-8-14-18(20)16-11-5-2-6-12-16/h1-6,9-12,17-20H,7-8,13-14H2. The summed E-state index contributed by atoms with van der Waals surface area (Å²) in [6, 6.07) is 21.0. The van der Waals surface area contributed by atoms with Crippen LogP contribution in [0.1, 0.15) is 47.3 Å². The third kappa shape index (κ3) is 4.92. The van der Waals surface area contributed by atoms with Crippen molar-refractivity contribution >= 4 is 25.3 Å². The second-order valence-electron chi connectivity index (χ2n) is 5.14. The SMILES string of the molecule is SC(CCCCC(S)c1ccccc1)c1ccccc1. The van der Waals surface area contributed by atoms with Crippen LogP contribution >= 0.6 is 25.3 Å². The average Bonchev–Trinajstić information content (AvgIpc) is 2.53. The highest BCUT2D eigenvalue weighted by Gasteiger charge is 2.08. The molecule has 0 aliphatic carbocycles. The predicted molar refractivity (Wildman–Crippen MR) is 94.8 cm³/mol. The first-order valence-corrected chi connectivity index (χ1v) is 8.26. The molecule has 0 bridgehead atoms. The van der Waals surface area contributed by atoms with Crippen LogP contribution in [0.3, 0.4) is 0 Å². The Bertz CT molecular complexity index is 434. The molecule has 0 spiro atoms. The average molecular weight is 303 g/mol. The van der Waals surface area contributed by atoms with Gasteiger partial charge in [0.15, 0.2) is 0 Å². The molecule has 0 aliphatic heterocycles. The van der Waals surface area contributed by atoms with E-state index in [4.69, 9.17) is 25.3 Å². The van der Waals surface area contributed by atoms with E-state index in [1.165, 1.54) is 24.0 Å². The van der Waals surface area contributed by atoms with E-state index in [1.54, 1.807) is 0 Å². The van der Waals surface area contributed by atoms with Crippen LogP contribution in [0.15, 0.2) is 60.7 Å². The van der Waals surface area contributed by atoms with Crippen LogP contribution < -0.4 is 0 Å². The molecule has 20 heavy (non-hydrogen) atoms. The molecular weight excluding hydrogens is 280 g/mol. The summed E-state index contributed by atoms with van der Waals surface area (Å²) >= 11 is 9.39. The van der Waals surface area contributed by atoms with E-state index in [0.717, 1.165) is 12.8 Å². The summed E-state index contributed by atoms with van der Waals surface area (Å²) in [6.07, 6.45) is 4.66. The summed E-state index contributed by atoms with van der Waals surface area (Å²) in [5.74, 6) is 0. The van der Waals surface area contributed by atoms with Crippen molar-refractivity contribution in [3.05, 3.63) is 71.8 Å². The topological polar surface area (TPSA) is 0 Å². The van der Waals surface area contributed by atoms with Crippen LogP contribution in [0.4, 0.5) is 0 Å². The van der Waals surface area contributed by atoms with Gasteiger partial charge in [-0.3, -0.25) is 0 Å². The molecule has 0 fully saturated rings. The lowest BCUT2D eigenvalue weighted by atomic mass is 10.0. The first-order chi connectivity index (χ1) is 9.77. The first-order valence-electron chi connectivity index (χ1n) is 7.23. The zero-order valence-corrected chi connectivity index (χ0v) is 13.4. The Morgan fingerprint density at radius 1 is 0.600 bits per heavy atom. The van der Waals surface area contributed by atoms with Gasteiger partial charge in [-0.25, -0.2) is 0 Å². The van der Waals surface area contributed by atoms with E-state index >= 15 is 0 Å². The second-order valence-corrected chi connectivity index (χ2v) is 6.38. The van der Waals surface area contributed by atoms with E-state index in [0.29, 0.717) is 10.5 Å². The normalized spacial score (nSPS) is 13.9. The number of benzene rings is 2. The molecule has 0 nitrogen and oxygen atoms in total. The quantitative estimate of drug-likeness (QED) is 0.462. The maximum absolute atomic E-state index is 4.70. The molecule has 0 aromatic heterocycles. The fraction of sp³-hybridized carbons (Fsp3) is 0.333. The molecule has 106 valence electrons. The molecule has 0 N–H and O–H groups in total. The highest BCUT2D eigenvalue weighted by molar-refractivity contribution is 7.80. The molecular formula is C18H22S2. The van der Waals surface area contributed by atoms with Crippen molar-refractivity contribution < 1.29 is 0 Å². The van der Waals surface area contributed by atoms with E-state index in [-0.39, 0.29) is 0 Å². The molecule has 2 heteroatoms. The van der Waals surface area contributed by atoms with E-state index in [2.05, 4.69) is 60.7 Å². The Morgan fingerprint density at radius 2 is 0.950 bits per heavy atom. The molecule has 0 saturated heterocycles. The Kier molecular flexibility index (Phi) is 6.55. The molecule has 0 heterocycles. The Hall–Kier alpha value is -0.860. The third-order valence-corrected chi connectivity index (χ3v) is 4.69. The van der Waals surface area contributed by atoms with Gasteiger partial charge in [0.1, 0.15) is 0 Å².